The Kier molecular flexibility index (Phi) is 5.11. The average molecular weight is 225 g/mol. The summed E-state index contributed by atoms with van der Waals surface area (Å²) in [6.45, 7) is 0. The minimum absolute atomic E-state index is 0. The van der Waals surface area contributed by atoms with Crippen molar-refractivity contribution in [2.75, 3.05) is 19.0 Å². The van der Waals surface area contributed by atoms with E-state index in [0.717, 1.165) is 0 Å². The molecule has 1 rings (SSSR count). The monoisotopic (exact) mass is 225 g/mol. The van der Waals surface area contributed by atoms with Gasteiger partial charge in [-0.15, -0.1) is 0 Å². The predicted molar refractivity (Wildman–Crippen MR) is 57.7 cm³/mol. The van der Waals surface area contributed by atoms with Gasteiger partial charge in [-0.05, 0) is 12.1 Å². The van der Waals surface area contributed by atoms with Crippen LogP contribution in [0.3, 0.4) is 0 Å². The number of benzene rings is 1. The van der Waals surface area contributed by atoms with Gasteiger partial charge in [-0.3, -0.25) is 4.55 Å². The Labute approximate surface area is 106 Å². The molecule has 74 valence electrons. The SMILES string of the molecule is CN(C)c1ccccc1S(=O)(=O)O.[NaH]. The molecule has 0 aliphatic rings. The van der Waals surface area contributed by atoms with Crippen molar-refractivity contribution in [2.45, 2.75) is 4.90 Å². The fourth-order valence-electron chi connectivity index (χ4n) is 1.04. The molecule has 1 aromatic rings. The summed E-state index contributed by atoms with van der Waals surface area (Å²) in [5.74, 6) is 0. The molecule has 6 heteroatoms. The molecule has 0 aliphatic carbocycles. The van der Waals surface area contributed by atoms with E-state index in [4.69, 9.17) is 4.55 Å². The van der Waals surface area contributed by atoms with E-state index < -0.39 is 10.1 Å². The summed E-state index contributed by atoms with van der Waals surface area (Å²) in [6, 6.07) is 6.27. The van der Waals surface area contributed by atoms with E-state index in [2.05, 4.69) is 0 Å². The molecule has 0 amide bonds. The molecule has 1 N–H and O–H groups in total. The van der Waals surface area contributed by atoms with Crippen molar-refractivity contribution < 1.29 is 13.0 Å². The van der Waals surface area contributed by atoms with Gasteiger partial charge in [-0.25, -0.2) is 0 Å². The van der Waals surface area contributed by atoms with Gasteiger partial charge >= 0.3 is 29.6 Å². The molecule has 4 nitrogen and oxygen atoms in total. The Balaban J connectivity index is 0.00000169. The average Bonchev–Trinajstić information content (AvgIpc) is 2.03. The summed E-state index contributed by atoms with van der Waals surface area (Å²) in [6.07, 6.45) is 0. The third-order valence-electron chi connectivity index (χ3n) is 1.62. The minimum atomic E-state index is -4.12. The molecular weight excluding hydrogens is 213 g/mol. The van der Waals surface area contributed by atoms with Crippen LogP contribution in [0.15, 0.2) is 29.2 Å². The molecule has 0 fully saturated rings. The molecule has 0 saturated carbocycles. The van der Waals surface area contributed by atoms with E-state index in [1.807, 2.05) is 0 Å². The first-order valence-corrected chi connectivity index (χ1v) is 5.11. The van der Waals surface area contributed by atoms with Crippen LogP contribution in [0.2, 0.25) is 0 Å². The first-order valence-electron chi connectivity index (χ1n) is 3.67. The molecule has 0 heterocycles. The van der Waals surface area contributed by atoms with Crippen LogP contribution in [0.4, 0.5) is 5.69 Å². The Bertz CT molecular complexity index is 403. The second-order valence-corrected chi connectivity index (χ2v) is 4.23. The standard InChI is InChI=1S/C8H11NO3S.Na.H/c1-9(2)7-5-3-4-6-8(7)13(10,11)12;;/h3-6H,1-2H3,(H,10,11,12);;. The molecule has 0 saturated heterocycles. The van der Waals surface area contributed by atoms with Crippen LogP contribution in [-0.4, -0.2) is 56.6 Å². The summed E-state index contributed by atoms with van der Waals surface area (Å²) >= 11 is 0. The Morgan fingerprint density at radius 1 is 1.21 bits per heavy atom. The van der Waals surface area contributed by atoms with Crippen molar-refractivity contribution >= 4 is 45.4 Å². The summed E-state index contributed by atoms with van der Waals surface area (Å²) < 4.78 is 30.6. The van der Waals surface area contributed by atoms with Crippen molar-refractivity contribution in [3.63, 3.8) is 0 Å². The third-order valence-corrected chi connectivity index (χ3v) is 2.53. The molecular formula is C8H12NNaO3S. The van der Waals surface area contributed by atoms with Crippen molar-refractivity contribution in [3.8, 4) is 0 Å². The molecule has 0 aromatic heterocycles. The van der Waals surface area contributed by atoms with Gasteiger partial charge in [-0.1, -0.05) is 12.1 Å². The Morgan fingerprint density at radius 2 is 1.71 bits per heavy atom. The van der Waals surface area contributed by atoms with Crippen molar-refractivity contribution in [2.24, 2.45) is 0 Å². The summed E-state index contributed by atoms with van der Waals surface area (Å²) in [5.41, 5.74) is 0.477. The zero-order valence-electron chi connectivity index (χ0n) is 7.43. The molecule has 0 aliphatic heterocycles. The first-order chi connectivity index (χ1) is 5.93. The van der Waals surface area contributed by atoms with Gasteiger partial charge < -0.3 is 4.90 Å². The molecule has 1 aromatic carbocycles. The van der Waals surface area contributed by atoms with E-state index in [9.17, 15) is 8.42 Å². The van der Waals surface area contributed by atoms with Crippen molar-refractivity contribution in [3.05, 3.63) is 24.3 Å². The van der Waals surface area contributed by atoms with E-state index in [1.165, 1.54) is 6.07 Å². The third kappa shape index (κ3) is 3.25. The Hall–Kier alpha value is -0.0700. The normalized spacial score (nSPS) is 10.5. The van der Waals surface area contributed by atoms with Crippen LogP contribution in [0.1, 0.15) is 0 Å². The van der Waals surface area contributed by atoms with Crippen LogP contribution >= 0.6 is 0 Å². The number of hydrogen-bond acceptors (Lipinski definition) is 3. The maximum absolute atomic E-state index is 10.9. The van der Waals surface area contributed by atoms with Gasteiger partial charge in [0.2, 0.25) is 0 Å². The van der Waals surface area contributed by atoms with Gasteiger partial charge in [-0.2, -0.15) is 8.42 Å². The molecule has 0 unspecified atom stereocenters. The quantitative estimate of drug-likeness (QED) is 0.583. The number of para-hydroxylation sites is 1. The topological polar surface area (TPSA) is 57.6 Å². The number of nitrogens with zero attached hydrogens (tertiary/aromatic N) is 1. The Morgan fingerprint density at radius 3 is 2.07 bits per heavy atom. The van der Waals surface area contributed by atoms with Crippen LogP contribution in [0, 0.1) is 0 Å². The molecule has 0 atom stereocenters. The zero-order valence-corrected chi connectivity index (χ0v) is 8.25. The van der Waals surface area contributed by atoms with Gasteiger partial charge in [0, 0.05) is 14.1 Å². The first kappa shape index (κ1) is 13.9. The number of rotatable bonds is 2. The predicted octanol–water partition coefficient (Wildman–Crippen LogP) is 0.351. The summed E-state index contributed by atoms with van der Waals surface area (Å²) in [4.78, 5) is 1.56. The van der Waals surface area contributed by atoms with Crippen LogP contribution < -0.4 is 4.90 Å². The van der Waals surface area contributed by atoms with Crippen molar-refractivity contribution in [1.82, 2.24) is 0 Å². The molecule has 14 heavy (non-hydrogen) atoms. The molecule has 0 radical (unpaired) electrons. The fraction of sp³-hybridized carbons (Fsp3) is 0.250. The molecule has 0 spiro atoms. The summed E-state index contributed by atoms with van der Waals surface area (Å²) in [7, 11) is -0.696. The van der Waals surface area contributed by atoms with Gasteiger partial charge in [0.15, 0.2) is 0 Å². The van der Waals surface area contributed by atoms with Gasteiger partial charge in [0.05, 0.1) is 5.69 Å². The van der Waals surface area contributed by atoms with E-state index in [1.54, 1.807) is 37.2 Å². The zero-order chi connectivity index (χ0) is 10.1. The van der Waals surface area contributed by atoms with Crippen LogP contribution in [0.25, 0.3) is 0 Å². The van der Waals surface area contributed by atoms with Crippen LogP contribution in [-0.2, 0) is 10.1 Å². The summed E-state index contributed by atoms with van der Waals surface area (Å²) in [5, 5.41) is 0. The fourth-order valence-corrected chi connectivity index (χ4v) is 1.81. The second-order valence-electron chi connectivity index (χ2n) is 2.84. The van der Waals surface area contributed by atoms with Gasteiger partial charge in [0.25, 0.3) is 10.1 Å². The molecule has 0 bridgehead atoms. The van der Waals surface area contributed by atoms with E-state index >= 15 is 0 Å². The van der Waals surface area contributed by atoms with E-state index in [-0.39, 0.29) is 34.5 Å². The number of hydrogen-bond donors (Lipinski definition) is 1. The maximum atomic E-state index is 10.9. The van der Waals surface area contributed by atoms with E-state index in [0.29, 0.717) is 5.69 Å². The second kappa shape index (κ2) is 5.14. The number of anilines is 1. The van der Waals surface area contributed by atoms with Gasteiger partial charge in [0.1, 0.15) is 4.90 Å². The van der Waals surface area contributed by atoms with Crippen LogP contribution in [0.5, 0.6) is 0 Å². The van der Waals surface area contributed by atoms with Crippen molar-refractivity contribution in [1.29, 1.82) is 0 Å².